The summed E-state index contributed by atoms with van der Waals surface area (Å²) in [5, 5.41) is 3.31. The summed E-state index contributed by atoms with van der Waals surface area (Å²) in [6.07, 6.45) is 0.0387. The third-order valence-corrected chi connectivity index (χ3v) is 4.20. The van der Waals surface area contributed by atoms with Gasteiger partial charge >= 0.3 is 0 Å². The zero-order valence-electron chi connectivity index (χ0n) is 11.3. The van der Waals surface area contributed by atoms with E-state index in [0.717, 1.165) is 36.3 Å². The summed E-state index contributed by atoms with van der Waals surface area (Å²) >= 11 is 3.52. The fraction of sp³-hybridized carbons (Fsp3) is 0.571. The molecule has 3 nitrogen and oxygen atoms in total. The first-order valence-electron chi connectivity index (χ1n) is 6.61. The van der Waals surface area contributed by atoms with Crippen molar-refractivity contribution in [2.45, 2.75) is 19.1 Å². The smallest absolute Gasteiger partial charge is 0.123 e. The van der Waals surface area contributed by atoms with Gasteiger partial charge in [0.15, 0.2) is 0 Å². The monoisotopic (exact) mass is 330 g/mol. The number of nitrogens with one attached hydrogen (secondary N) is 1. The van der Waals surface area contributed by atoms with E-state index in [4.69, 9.17) is 4.74 Å². The molecule has 0 aromatic heterocycles. The highest BCUT2D eigenvalue weighted by Gasteiger charge is 2.32. The fourth-order valence-corrected chi connectivity index (χ4v) is 2.98. The second-order valence-electron chi connectivity index (χ2n) is 4.81. The Labute approximate surface area is 122 Å². The molecule has 1 fully saturated rings. The van der Waals surface area contributed by atoms with Crippen LogP contribution in [0.4, 0.5) is 4.39 Å². The number of morpholine rings is 1. The van der Waals surface area contributed by atoms with Gasteiger partial charge in [-0.2, -0.15) is 0 Å². The van der Waals surface area contributed by atoms with E-state index in [2.05, 4.69) is 40.1 Å². The molecule has 19 heavy (non-hydrogen) atoms. The van der Waals surface area contributed by atoms with Crippen LogP contribution >= 0.6 is 15.9 Å². The van der Waals surface area contributed by atoms with E-state index in [-0.39, 0.29) is 18.0 Å². The molecule has 0 bridgehead atoms. The molecule has 0 aliphatic carbocycles. The molecular formula is C14H20BrFN2O. The maximum absolute atomic E-state index is 13.5. The molecule has 2 atom stereocenters. The molecule has 1 aromatic rings. The number of hydrogen-bond donors (Lipinski definition) is 1. The lowest BCUT2D eigenvalue weighted by molar-refractivity contribution is -0.0614. The SMILES string of the molecule is CCNCC1OCCN(C)C1c1cc(F)ccc1Br. The highest BCUT2D eigenvalue weighted by molar-refractivity contribution is 9.10. The van der Waals surface area contributed by atoms with E-state index in [1.54, 1.807) is 12.1 Å². The van der Waals surface area contributed by atoms with Crippen molar-refractivity contribution in [1.82, 2.24) is 10.2 Å². The average Bonchev–Trinajstić information content (AvgIpc) is 2.39. The van der Waals surface area contributed by atoms with E-state index in [1.165, 1.54) is 6.07 Å². The topological polar surface area (TPSA) is 24.5 Å². The van der Waals surface area contributed by atoms with Crippen molar-refractivity contribution in [2.24, 2.45) is 0 Å². The summed E-state index contributed by atoms with van der Waals surface area (Å²) in [6, 6.07) is 4.89. The van der Waals surface area contributed by atoms with E-state index >= 15 is 0 Å². The van der Waals surface area contributed by atoms with Crippen LogP contribution in [0.5, 0.6) is 0 Å². The van der Waals surface area contributed by atoms with Crippen LogP contribution in [0.3, 0.4) is 0 Å². The van der Waals surface area contributed by atoms with Crippen LogP contribution in [0.2, 0.25) is 0 Å². The second-order valence-corrected chi connectivity index (χ2v) is 5.66. The molecule has 0 radical (unpaired) electrons. The third kappa shape index (κ3) is 3.54. The number of likely N-dealkylation sites (N-methyl/N-ethyl adjacent to an activating group) is 2. The van der Waals surface area contributed by atoms with Crippen LogP contribution in [-0.2, 0) is 4.74 Å². The Morgan fingerprint density at radius 3 is 3.05 bits per heavy atom. The number of benzene rings is 1. The van der Waals surface area contributed by atoms with Crippen molar-refractivity contribution in [1.29, 1.82) is 0 Å². The van der Waals surface area contributed by atoms with Crippen molar-refractivity contribution in [3.63, 3.8) is 0 Å². The van der Waals surface area contributed by atoms with Gasteiger partial charge in [-0.05, 0) is 37.4 Å². The molecule has 1 saturated heterocycles. The second kappa shape index (κ2) is 6.79. The fourth-order valence-electron chi connectivity index (χ4n) is 2.50. The van der Waals surface area contributed by atoms with Gasteiger partial charge in [-0.1, -0.05) is 22.9 Å². The van der Waals surface area contributed by atoms with Crippen molar-refractivity contribution >= 4 is 15.9 Å². The molecule has 1 aliphatic rings. The van der Waals surface area contributed by atoms with Gasteiger partial charge < -0.3 is 10.1 Å². The minimum Gasteiger partial charge on any atom is -0.374 e. The highest BCUT2D eigenvalue weighted by atomic mass is 79.9. The van der Waals surface area contributed by atoms with Crippen LogP contribution in [-0.4, -0.2) is 44.3 Å². The number of nitrogens with zero attached hydrogens (tertiary/aromatic N) is 1. The number of halogens is 2. The van der Waals surface area contributed by atoms with Gasteiger partial charge in [0.25, 0.3) is 0 Å². The molecule has 0 amide bonds. The van der Waals surface area contributed by atoms with Gasteiger partial charge in [0, 0.05) is 17.6 Å². The Morgan fingerprint density at radius 1 is 1.53 bits per heavy atom. The molecule has 1 aliphatic heterocycles. The Morgan fingerprint density at radius 2 is 2.32 bits per heavy atom. The molecule has 1 aromatic carbocycles. The molecule has 1 N–H and O–H groups in total. The van der Waals surface area contributed by atoms with E-state index in [0.29, 0.717) is 0 Å². The lowest BCUT2D eigenvalue weighted by Gasteiger charge is -2.40. The van der Waals surface area contributed by atoms with Crippen molar-refractivity contribution in [2.75, 3.05) is 33.3 Å². The first-order valence-corrected chi connectivity index (χ1v) is 7.40. The summed E-state index contributed by atoms with van der Waals surface area (Å²) in [5.41, 5.74) is 0.949. The number of ether oxygens (including phenoxy) is 1. The number of hydrogen-bond acceptors (Lipinski definition) is 3. The lowest BCUT2D eigenvalue weighted by Crippen LogP contribution is -2.47. The van der Waals surface area contributed by atoms with Gasteiger partial charge in [0.05, 0.1) is 18.8 Å². The molecule has 106 valence electrons. The maximum atomic E-state index is 13.5. The van der Waals surface area contributed by atoms with Crippen LogP contribution < -0.4 is 5.32 Å². The average molecular weight is 331 g/mol. The van der Waals surface area contributed by atoms with E-state index in [9.17, 15) is 4.39 Å². The first-order chi connectivity index (χ1) is 9.13. The normalized spacial score (nSPS) is 24.6. The van der Waals surface area contributed by atoms with Crippen LogP contribution in [0.1, 0.15) is 18.5 Å². The zero-order chi connectivity index (χ0) is 13.8. The van der Waals surface area contributed by atoms with Crippen LogP contribution in [0.15, 0.2) is 22.7 Å². The standard InChI is InChI=1S/C14H20BrFN2O/c1-3-17-9-13-14(18(2)6-7-19-13)11-8-10(16)4-5-12(11)15/h4-5,8,13-14,17H,3,6-7,9H2,1-2H3. The summed E-state index contributed by atoms with van der Waals surface area (Å²) < 4.78 is 20.3. The Hall–Kier alpha value is -0.490. The van der Waals surface area contributed by atoms with Crippen LogP contribution in [0.25, 0.3) is 0 Å². The van der Waals surface area contributed by atoms with Crippen LogP contribution in [0, 0.1) is 5.82 Å². The molecule has 0 spiro atoms. The molecule has 1 heterocycles. The van der Waals surface area contributed by atoms with Crippen molar-refractivity contribution < 1.29 is 9.13 Å². The Kier molecular flexibility index (Phi) is 5.33. The molecule has 0 saturated carbocycles. The molecule has 2 unspecified atom stereocenters. The van der Waals surface area contributed by atoms with E-state index in [1.807, 2.05) is 0 Å². The molecular weight excluding hydrogens is 311 g/mol. The maximum Gasteiger partial charge on any atom is 0.123 e. The third-order valence-electron chi connectivity index (χ3n) is 3.48. The molecule has 2 rings (SSSR count). The van der Waals surface area contributed by atoms with E-state index < -0.39 is 0 Å². The molecule has 5 heteroatoms. The quantitative estimate of drug-likeness (QED) is 0.918. The Bertz CT molecular complexity index is 430. The van der Waals surface area contributed by atoms with Crippen molar-refractivity contribution in [3.8, 4) is 0 Å². The summed E-state index contributed by atoms with van der Waals surface area (Å²) in [6.45, 7) is 5.32. The van der Waals surface area contributed by atoms with Gasteiger partial charge in [0.1, 0.15) is 5.82 Å². The first kappa shape index (κ1) is 14.9. The largest absolute Gasteiger partial charge is 0.374 e. The minimum absolute atomic E-state index is 0.0387. The number of rotatable bonds is 4. The summed E-state index contributed by atoms with van der Waals surface area (Å²) in [4.78, 5) is 2.23. The van der Waals surface area contributed by atoms with Gasteiger partial charge in [-0.15, -0.1) is 0 Å². The van der Waals surface area contributed by atoms with Gasteiger partial charge in [-0.3, -0.25) is 4.90 Å². The van der Waals surface area contributed by atoms with Gasteiger partial charge in [-0.25, -0.2) is 4.39 Å². The predicted molar refractivity (Wildman–Crippen MR) is 77.8 cm³/mol. The highest BCUT2D eigenvalue weighted by Crippen LogP contribution is 2.33. The summed E-state index contributed by atoms with van der Waals surface area (Å²) in [7, 11) is 2.06. The van der Waals surface area contributed by atoms with Gasteiger partial charge in [0.2, 0.25) is 0 Å². The van der Waals surface area contributed by atoms with Crippen molar-refractivity contribution in [3.05, 3.63) is 34.1 Å². The predicted octanol–water partition coefficient (Wildman–Crippen LogP) is 2.57. The zero-order valence-corrected chi connectivity index (χ0v) is 12.9. The lowest BCUT2D eigenvalue weighted by atomic mass is 9.98. The summed E-state index contributed by atoms with van der Waals surface area (Å²) in [5.74, 6) is -0.209. The minimum atomic E-state index is -0.209. The Balaban J connectivity index is 2.27.